The molecule has 1 saturated heterocycles. The summed E-state index contributed by atoms with van der Waals surface area (Å²) in [5, 5.41) is 17.6. The van der Waals surface area contributed by atoms with Gasteiger partial charge in [0.25, 0.3) is 0 Å². The van der Waals surface area contributed by atoms with Gasteiger partial charge in [0, 0.05) is 43.3 Å². The van der Waals surface area contributed by atoms with Gasteiger partial charge in [0.1, 0.15) is 0 Å². The van der Waals surface area contributed by atoms with Gasteiger partial charge in [-0.05, 0) is 36.2 Å². The van der Waals surface area contributed by atoms with Crippen LogP contribution in [-0.2, 0) is 14.4 Å². The van der Waals surface area contributed by atoms with E-state index in [2.05, 4.69) is 27.9 Å². The second-order valence-electron chi connectivity index (χ2n) is 8.84. The zero-order valence-electron chi connectivity index (χ0n) is 20.4. The van der Waals surface area contributed by atoms with Gasteiger partial charge in [-0.15, -0.1) is 0 Å². The highest BCUT2D eigenvalue weighted by molar-refractivity contribution is 6.01. The number of unbranched alkanes of at least 4 members (excludes halogenated alkanes) is 3. The highest BCUT2D eigenvalue weighted by atomic mass is 16.4. The summed E-state index contributed by atoms with van der Waals surface area (Å²) in [5.74, 6) is -2.29. The van der Waals surface area contributed by atoms with Crippen molar-refractivity contribution in [3.05, 3.63) is 54.4 Å². The minimum absolute atomic E-state index is 0.00850. The molecule has 0 bridgehead atoms. The summed E-state index contributed by atoms with van der Waals surface area (Å²) in [6.07, 6.45) is 7.04. The normalized spacial score (nSPS) is 15.9. The molecule has 1 aromatic carbocycles. The molecule has 0 aliphatic carbocycles. The van der Waals surface area contributed by atoms with Crippen molar-refractivity contribution in [1.29, 1.82) is 0 Å². The molecule has 1 aromatic heterocycles. The Balaban J connectivity index is 1.59. The van der Waals surface area contributed by atoms with Gasteiger partial charge >= 0.3 is 12.0 Å². The van der Waals surface area contributed by atoms with Gasteiger partial charge in [-0.3, -0.25) is 19.4 Å². The van der Waals surface area contributed by atoms with E-state index in [0.717, 1.165) is 25.7 Å². The van der Waals surface area contributed by atoms with Crippen LogP contribution in [0, 0.1) is 5.92 Å². The molecule has 1 aliphatic rings. The second kappa shape index (κ2) is 13.2. The van der Waals surface area contributed by atoms with E-state index in [0.29, 0.717) is 23.5 Å². The maximum atomic E-state index is 12.9. The van der Waals surface area contributed by atoms with Crippen molar-refractivity contribution in [2.75, 3.05) is 23.3 Å². The van der Waals surface area contributed by atoms with Crippen LogP contribution in [0.3, 0.4) is 0 Å². The Hall–Kier alpha value is -3.95. The number of carboxylic acid groups (broad SMARTS) is 1. The summed E-state index contributed by atoms with van der Waals surface area (Å²) in [4.78, 5) is 54.7. The molecule has 1 aliphatic heterocycles. The van der Waals surface area contributed by atoms with E-state index in [1.165, 1.54) is 11.1 Å². The molecule has 10 nitrogen and oxygen atoms in total. The number of carboxylic acids is 1. The van der Waals surface area contributed by atoms with Crippen LogP contribution in [0.2, 0.25) is 0 Å². The van der Waals surface area contributed by atoms with E-state index in [1.807, 2.05) is 0 Å². The number of urea groups is 1. The first-order valence-corrected chi connectivity index (χ1v) is 12.2. The van der Waals surface area contributed by atoms with Crippen LogP contribution in [-0.4, -0.2) is 47.0 Å². The fraction of sp³-hybridized carbons (Fsp3) is 0.423. The molecule has 10 heteroatoms. The SMILES string of the molecule is CCCCCCNC(=O)Nc1cccc(N2CC(C(=O)NC(CC(=O)O)c3cccnc3)CC2=O)c1. The molecule has 3 rings (SSSR count). The fourth-order valence-corrected chi connectivity index (χ4v) is 4.11. The lowest BCUT2D eigenvalue weighted by Crippen LogP contribution is -2.36. The first-order chi connectivity index (χ1) is 17.4. The largest absolute Gasteiger partial charge is 0.481 e. The Morgan fingerprint density at radius 1 is 1.17 bits per heavy atom. The summed E-state index contributed by atoms with van der Waals surface area (Å²) in [6, 6.07) is 9.21. The summed E-state index contributed by atoms with van der Waals surface area (Å²) >= 11 is 0. The zero-order chi connectivity index (χ0) is 25.9. The molecule has 4 amide bonds. The summed E-state index contributed by atoms with van der Waals surface area (Å²) in [6.45, 7) is 2.88. The van der Waals surface area contributed by atoms with Crippen molar-refractivity contribution in [2.24, 2.45) is 5.92 Å². The zero-order valence-corrected chi connectivity index (χ0v) is 20.4. The number of benzene rings is 1. The Morgan fingerprint density at radius 3 is 2.72 bits per heavy atom. The molecule has 2 atom stereocenters. The van der Waals surface area contributed by atoms with Crippen LogP contribution in [0.5, 0.6) is 0 Å². The van der Waals surface area contributed by atoms with E-state index in [9.17, 15) is 24.3 Å². The standard InChI is InChI=1S/C26H33N5O5/c1-2-3-4-5-12-28-26(36)29-20-9-6-10-21(14-20)31-17-19(13-23(31)32)25(35)30-22(15-24(33)34)18-8-7-11-27-16-18/h6-11,14,16,19,22H,2-5,12-13,15,17H2,1H3,(H,30,35)(H,33,34)(H2,28,29,36). The van der Waals surface area contributed by atoms with Gasteiger partial charge in [0.05, 0.1) is 18.4 Å². The maximum Gasteiger partial charge on any atom is 0.319 e. The summed E-state index contributed by atoms with van der Waals surface area (Å²) < 4.78 is 0. The molecule has 192 valence electrons. The maximum absolute atomic E-state index is 12.9. The molecule has 0 saturated carbocycles. The number of hydrogen-bond donors (Lipinski definition) is 4. The van der Waals surface area contributed by atoms with Crippen LogP contribution in [0.1, 0.15) is 57.1 Å². The number of hydrogen-bond acceptors (Lipinski definition) is 5. The smallest absolute Gasteiger partial charge is 0.319 e. The number of anilines is 2. The number of carbonyl (C=O) groups excluding carboxylic acids is 3. The van der Waals surface area contributed by atoms with Gasteiger partial charge in [0.2, 0.25) is 11.8 Å². The van der Waals surface area contributed by atoms with Crippen LogP contribution < -0.4 is 20.9 Å². The molecule has 1 fully saturated rings. The number of rotatable bonds is 12. The second-order valence-corrected chi connectivity index (χ2v) is 8.84. The van der Waals surface area contributed by atoms with Gasteiger partial charge < -0.3 is 26.0 Å². The topological polar surface area (TPSA) is 141 Å². The summed E-state index contributed by atoms with van der Waals surface area (Å²) in [7, 11) is 0. The van der Waals surface area contributed by atoms with Crippen molar-refractivity contribution in [1.82, 2.24) is 15.6 Å². The monoisotopic (exact) mass is 495 g/mol. The quantitative estimate of drug-likeness (QED) is 0.332. The predicted molar refractivity (Wildman–Crippen MR) is 135 cm³/mol. The Kier molecular flexibility index (Phi) is 9.79. The molecular formula is C26H33N5O5. The minimum Gasteiger partial charge on any atom is -0.481 e. The van der Waals surface area contributed by atoms with Crippen molar-refractivity contribution >= 4 is 35.2 Å². The molecule has 2 heterocycles. The average molecular weight is 496 g/mol. The lowest BCUT2D eigenvalue weighted by Gasteiger charge is -2.20. The number of aliphatic carboxylic acids is 1. The Morgan fingerprint density at radius 2 is 2.00 bits per heavy atom. The molecule has 2 unspecified atom stereocenters. The van der Waals surface area contributed by atoms with Gasteiger partial charge in [0.15, 0.2) is 0 Å². The lowest BCUT2D eigenvalue weighted by atomic mass is 10.0. The first-order valence-electron chi connectivity index (χ1n) is 12.2. The van der Waals surface area contributed by atoms with E-state index in [1.54, 1.807) is 42.6 Å². The fourth-order valence-electron chi connectivity index (χ4n) is 4.11. The van der Waals surface area contributed by atoms with Crippen molar-refractivity contribution in [2.45, 2.75) is 51.5 Å². The van der Waals surface area contributed by atoms with Crippen LogP contribution in [0.15, 0.2) is 48.8 Å². The number of pyridine rings is 1. The third kappa shape index (κ3) is 7.79. The summed E-state index contributed by atoms with van der Waals surface area (Å²) in [5.41, 5.74) is 1.69. The lowest BCUT2D eigenvalue weighted by molar-refractivity contribution is -0.138. The van der Waals surface area contributed by atoms with Gasteiger partial charge in [-0.2, -0.15) is 0 Å². The Labute approximate surface area is 210 Å². The molecule has 36 heavy (non-hydrogen) atoms. The molecular weight excluding hydrogens is 462 g/mol. The predicted octanol–water partition coefficient (Wildman–Crippen LogP) is 3.47. The molecule has 0 radical (unpaired) electrons. The third-order valence-corrected chi connectivity index (χ3v) is 6.01. The van der Waals surface area contributed by atoms with Crippen molar-refractivity contribution in [3.8, 4) is 0 Å². The molecule has 2 aromatic rings. The van der Waals surface area contributed by atoms with Gasteiger partial charge in [-0.1, -0.05) is 38.3 Å². The highest BCUT2D eigenvalue weighted by Crippen LogP contribution is 2.28. The third-order valence-electron chi connectivity index (χ3n) is 6.01. The number of aromatic nitrogens is 1. The number of amides is 4. The minimum atomic E-state index is -1.05. The van der Waals surface area contributed by atoms with Gasteiger partial charge in [-0.25, -0.2) is 4.79 Å². The molecule has 0 spiro atoms. The van der Waals surface area contributed by atoms with E-state index in [4.69, 9.17) is 0 Å². The van der Waals surface area contributed by atoms with E-state index in [-0.39, 0.29) is 31.3 Å². The average Bonchev–Trinajstić information content (AvgIpc) is 3.25. The van der Waals surface area contributed by atoms with Crippen LogP contribution >= 0.6 is 0 Å². The number of carbonyl (C=O) groups is 4. The van der Waals surface area contributed by atoms with E-state index < -0.39 is 23.8 Å². The van der Waals surface area contributed by atoms with Crippen molar-refractivity contribution < 1.29 is 24.3 Å². The van der Waals surface area contributed by atoms with Crippen LogP contribution in [0.25, 0.3) is 0 Å². The van der Waals surface area contributed by atoms with E-state index >= 15 is 0 Å². The molecule has 4 N–H and O–H groups in total. The van der Waals surface area contributed by atoms with Crippen molar-refractivity contribution in [3.63, 3.8) is 0 Å². The first kappa shape index (κ1) is 26.7. The Bertz CT molecular complexity index is 1060. The number of nitrogens with zero attached hydrogens (tertiary/aromatic N) is 2. The van der Waals surface area contributed by atoms with Crippen LogP contribution in [0.4, 0.5) is 16.2 Å². The highest BCUT2D eigenvalue weighted by Gasteiger charge is 2.36. The number of nitrogens with one attached hydrogen (secondary N) is 3.